The van der Waals surface area contributed by atoms with Crippen molar-refractivity contribution in [2.75, 3.05) is 13.1 Å². The number of nitrogens with zero attached hydrogens (tertiary/aromatic N) is 1. The number of rotatable bonds is 1. The summed E-state index contributed by atoms with van der Waals surface area (Å²) in [6, 6.07) is 0. The van der Waals surface area contributed by atoms with Crippen LogP contribution < -0.4 is 0 Å². The van der Waals surface area contributed by atoms with E-state index in [2.05, 4.69) is 0 Å². The van der Waals surface area contributed by atoms with Gasteiger partial charge in [0.1, 0.15) is 5.60 Å². The topological polar surface area (TPSA) is 46.6 Å². The van der Waals surface area contributed by atoms with Crippen molar-refractivity contribution in [3.05, 3.63) is 0 Å². The zero-order chi connectivity index (χ0) is 12.3. The van der Waals surface area contributed by atoms with Crippen molar-refractivity contribution < 1.29 is 14.3 Å². The molecule has 0 aromatic carbocycles. The van der Waals surface area contributed by atoms with Crippen molar-refractivity contribution >= 4 is 11.9 Å². The zero-order valence-electron chi connectivity index (χ0n) is 10.6. The number of likely N-dealkylation sites (tertiary alicyclic amines) is 1. The van der Waals surface area contributed by atoms with E-state index < -0.39 is 5.60 Å². The Bertz CT molecular complexity index is 280. The van der Waals surface area contributed by atoms with Crippen LogP contribution in [0, 0.1) is 5.92 Å². The molecule has 0 N–H and O–H groups in total. The summed E-state index contributed by atoms with van der Waals surface area (Å²) in [4.78, 5) is 24.9. The van der Waals surface area contributed by atoms with Crippen molar-refractivity contribution in [3.8, 4) is 0 Å². The third kappa shape index (κ3) is 3.51. The number of hydrogen-bond donors (Lipinski definition) is 0. The lowest BCUT2D eigenvalue weighted by Gasteiger charge is -2.32. The molecule has 1 unspecified atom stereocenters. The van der Waals surface area contributed by atoms with E-state index in [4.69, 9.17) is 4.74 Å². The minimum atomic E-state index is -0.498. The first-order valence-corrected chi connectivity index (χ1v) is 5.84. The van der Waals surface area contributed by atoms with Crippen molar-refractivity contribution in [1.29, 1.82) is 0 Å². The highest BCUT2D eigenvalue weighted by Crippen LogP contribution is 2.19. The molecule has 0 aromatic heterocycles. The molecule has 1 heterocycles. The Balaban J connectivity index is 2.52. The standard InChI is InChI=1S/C12H21NO3/c1-5-9-6-7-13(8-10(9)14)11(15)16-12(2,3)4/h9H,5-8H2,1-4H3. The molecule has 1 saturated heterocycles. The summed E-state index contributed by atoms with van der Waals surface area (Å²) >= 11 is 0. The minimum absolute atomic E-state index is 0.124. The van der Waals surface area contributed by atoms with E-state index in [9.17, 15) is 9.59 Å². The van der Waals surface area contributed by atoms with Gasteiger partial charge in [0.2, 0.25) is 0 Å². The van der Waals surface area contributed by atoms with Crippen LogP contribution in [0.2, 0.25) is 0 Å². The van der Waals surface area contributed by atoms with Crippen LogP contribution in [0.5, 0.6) is 0 Å². The number of hydrogen-bond acceptors (Lipinski definition) is 3. The molecule has 0 bridgehead atoms. The summed E-state index contributed by atoms with van der Waals surface area (Å²) < 4.78 is 5.23. The van der Waals surface area contributed by atoms with Crippen molar-refractivity contribution in [2.24, 2.45) is 5.92 Å². The summed E-state index contributed by atoms with van der Waals surface area (Å²) in [5.41, 5.74) is -0.498. The number of carbonyl (C=O) groups is 2. The Morgan fingerprint density at radius 2 is 2.12 bits per heavy atom. The lowest BCUT2D eigenvalue weighted by Crippen LogP contribution is -2.46. The van der Waals surface area contributed by atoms with Crippen LogP contribution in [0.3, 0.4) is 0 Å². The maximum atomic E-state index is 11.7. The first kappa shape index (κ1) is 13.0. The molecule has 0 spiro atoms. The summed E-state index contributed by atoms with van der Waals surface area (Å²) in [6.45, 7) is 8.31. The molecule has 1 rings (SSSR count). The summed E-state index contributed by atoms with van der Waals surface area (Å²) in [6.07, 6.45) is 1.24. The first-order chi connectivity index (χ1) is 7.33. The predicted octanol–water partition coefficient (Wildman–Crippen LogP) is 2.22. The molecule has 0 saturated carbocycles. The van der Waals surface area contributed by atoms with Gasteiger partial charge in [0.15, 0.2) is 5.78 Å². The molecule has 1 aliphatic rings. The van der Waals surface area contributed by atoms with E-state index in [-0.39, 0.29) is 24.3 Å². The van der Waals surface area contributed by atoms with E-state index in [0.717, 1.165) is 12.8 Å². The molecule has 92 valence electrons. The monoisotopic (exact) mass is 227 g/mol. The van der Waals surface area contributed by atoms with Gasteiger partial charge < -0.3 is 9.64 Å². The Kier molecular flexibility index (Phi) is 3.94. The Hall–Kier alpha value is -1.06. The van der Waals surface area contributed by atoms with Gasteiger partial charge in [-0.3, -0.25) is 4.79 Å². The normalized spacial score (nSPS) is 22.1. The Morgan fingerprint density at radius 3 is 2.56 bits per heavy atom. The maximum Gasteiger partial charge on any atom is 0.410 e. The second-order valence-electron chi connectivity index (χ2n) is 5.26. The molecule has 16 heavy (non-hydrogen) atoms. The highest BCUT2D eigenvalue weighted by Gasteiger charge is 2.30. The van der Waals surface area contributed by atoms with Gasteiger partial charge in [-0.05, 0) is 33.6 Å². The van der Waals surface area contributed by atoms with Crippen molar-refractivity contribution in [3.63, 3.8) is 0 Å². The second kappa shape index (κ2) is 4.85. The molecule has 4 heteroatoms. The van der Waals surface area contributed by atoms with Gasteiger partial charge in [-0.2, -0.15) is 0 Å². The number of ketones is 1. The quantitative estimate of drug-likeness (QED) is 0.690. The fourth-order valence-electron chi connectivity index (χ4n) is 1.78. The van der Waals surface area contributed by atoms with Gasteiger partial charge in [0.05, 0.1) is 6.54 Å². The van der Waals surface area contributed by atoms with Gasteiger partial charge in [-0.25, -0.2) is 4.79 Å². The molecule has 1 atom stereocenters. The van der Waals surface area contributed by atoms with Crippen molar-refractivity contribution in [2.45, 2.75) is 46.1 Å². The van der Waals surface area contributed by atoms with Crippen LogP contribution in [-0.2, 0) is 9.53 Å². The smallest absolute Gasteiger partial charge is 0.410 e. The number of ether oxygens (including phenoxy) is 1. The molecule has 1 aliphatic heterocycles. The lowest BCUT2D eigenvalue weighted by molar-refractivity contribution is -0.126. The van der Waals surface area contributed by atoms with Gasteiger partial charge >= 0.3 is 6.09 Å². The minimum Gasteiger partial charge on any atom is -0.444 e. The van der Waals surface area contributed by atoms with Gasteiger partial charge in [-0.1, -0.05) is 6.92 Å². The number of piperidine rings is 1. The van der Waals surface area contributed by atoms with Crippen LogP contribution >= 0.6 is 0 Å². The number of amides is 1. The Morgan fingerprint density at radius 1 is 1.50 bits per heavy atom. The predicted molar refractivity (Wildman–Crippen MR) is 61.2 cm³/mol. The van der Waals surface area contributed by atoms with E-state index >= 15 is 0 Å². The largest absolute Gasteiger partial charge is 0.444 e. The lowest BCUT2D eigenvalue weighted by atomic mass is 9.93. The second-order valence-corrected chi connectivity index (χ2v) is 5.26. The highest BCUT2D eigenvalue weighted by atomic mass is 16.6. The van der Waals surface area contributed by atoms with Crippen molar-refractivity contribution in [1.82, 2.24) is 4.90 Å². The van der Waals surface area contributed by atoms with E-state index in [1.54, 1.807) is 0 Å². The van der Waals surface area contributed by atoms with Crippen LogP contribution in [0.15, 0.2) is 0 Å². The fraction of sp³-hybridized carbons (Fsp3) is 0.833. The molecule has 0 aromatic rings. The summed E-state index contributed by atoms with van der Waals surface area (Å²) in [5, 5.41) is 0. The van der Waals surface area contributed by atoms with Crippen LogP contribution in [0.1, 0.15) is 40.5 Å². The maximum absolute atomic E-state index is 11.7. The van der Waals surface area contributed by atoms with Gasteiger partial charge in [0.25, 0.3) is 0 Å². The molecule has 1 amide bonds. The Labute approximate surface area is 96.9 Å². The number of Topliss-reactive ketones (excluding diaryl/α,β-unsaturated/α-hetero) is 1. The summed E-state index contributed by atoms with van der Waals surface area (Å²) in [5.74, 6) is 0.276. The first-order valence-electron chi connectivity index (χ1n) is 5.84. The van der Waals surface area contributed by atoms with Crippen LogP contribution in [0.4, 0.5) is 4.79 Å². The SMILES string of the molecule is CCC1CCN(C(=O)OC(C)(C)C)CC1=O. The van der Waals surface area contributed by atoms with Gasteiger partial charge in [-0.15, -0.1) is 0 Å². The summed E-state index contributed by atoms with van der Waals surface area (Å²) in [7, 11) is 0. The third-order valence-electron chi connectivity index (χ3n) is 2.69. The highest BCUT2D eigenvalue weighted by molar-refractivity contribution is 5.87. The van der Waals surface area contributed by atoms with E-state index in [0.29, 0.717) is 6.54 Å². The van der Waals surface area contributed by atoms with Crippen LogP contribution in [-0.4, -0.2) is 35.5 Å². The van der Waals surface area contributed by atoms with Gasteiger partial charge in [0, 0.05) is 12.5 Å². The molecule has 0 radical (unpaired) electrons. The van der Waals surface area contributed by atoms with E-state index in [1.165, 1.54) is 4.90 Å². The molecule has 0 aliphatic carbocycles. The number of carbonyl (C=O) groups excluding carboxylic acids is 2. The molecular weight excluding hydrogens is 206 g/mol. The van der Waals surface area contributed by atoms with Crippen LogP contribution in [0.25, 0.3) is 0 Å². The molecular formula is C12H21NO3. The average Bonchev–Trinajstić information content (AvgIpc) is 2.15. The molecule has 4 nitrogen and oxygen atoms in total. The average molecular weight is 227 g/mol. The third-order valence-corrected chi connectivity index (χ3v) is 2.69. The fourth-order valence-corrected chi connectivity index (χ4v) is 1.78. The van der Waals surface area contributed by atoms with E-state index in [1.807, 2.05) is 27.7 Å². The molecule has 1 fully saturated rings. The zero-order valence-corrected chi connectivity index (χ0v) is 10.6.